The molecule has 0 aliphatic heterocycles. The zero-order chi connectivity index (χ0) is 47.8. The van der Waals surface area contributed by atoms with Gasteiger partial charge in [-0.1, -0.05) is 103 Å². The van der Waals surface area contributed by atoms with Gasteiger partial charge in [-0.25, -0.2) is 0 Å². The Hall–Kier alpha value is -4.14. The number of anilines is 1. The van der Waals surface area contributed by atoms with Gasteiger partial charge in [-0.3, -0.25) is 37.9 Å². The molecule has 9 N–H and O–H groups in total. The Morgan fingerprint density at radius 1 is 0.609 bits per heavy atom. The maximum atomic E-state index is 13.3. The highest BCUT2D eigenvalue weighted by Gasteiger charge is 2.34. The molecule has 1 unspecified atom stereocenters. The van der Waals surface area contributed by atoms with Crippen molar-refractivity contribution in [3.05, 3.63) is 29.8 Å². The molecule has 64 heavy (non-hydrogen) atoms. The van der Waals surface area contributed by atoms with Crippen molar-refractivity contribution in [2.24, 2.45) is 11.7 Å². The summed E-state index contributed by atoms with van der Waals surface area (Å²) in [6, 6.07) is 3.81. The smallest absolute Gasteiger partial charge is 0.303 e. The van der Waals surface area contributed by atoms with E-state index in [4.69, 9.17) is 10.8 Å². The van der Waals surface area contributed by atoms with Gasteiger partial charge in [0.05, 0.1) is 11.7 Å². The largest absolute Gasteiger partial charge is 0.481 e. The van der Waals surface area contributed by atoms with E-state index in [1.54, 1.807) is 24.3 Å². The molecule has 0 aliphatic carbocycles. The van der Waals surface area contributed by atoms with E-state index in [1.807, 2.05) is 0 Å². The number of hydrogen-bond acceptors (Lipinski definition) is 11. The van der Waals surface area contributed by atoms with E-state index in [0.717, 1.165) is 82.9 Å². The highest BCUT2D eigenvalue weighted by molar-refractivity contribution is 7.86. The van der Waals surface area contributed by atoms with E-state index in [0.29, 0.717) is 24.8 Å². The molecule has 0 aliphatic rings. The lowest BCUT2D eigenvalue weighted by atomic mass is 9.98. The van der Waals surface area contributed by atoms with Crippen LogP contribution < -0.4 is 27.0 Å². The number of primary amides is 1. The molecule has 0 saturated heterocycles. The molecule has 366 valence electrons. The molecule has 0 aromatic heterocycles. The first kappa shape index (κ1) is 57.9. The lowest BCUT2D eigenvalue weighted by molar-refractivity contribution is -0.137. The van der Waals surface area contributed by atoms with Crippen molar-refractivity contribution in [3.8, 4) is 0 Å². The van der Waals surface area contributed by atoms with Crippen molar-refractivity contribution < 1.29 is 59.8 Å². The normalized spacial score (nSPS) is 13.0. The second-order valence-corrected chi connectivity index (χ2v) is 19.6. The molecule has 0 bridgehead atoms. The highest BCUT2D eigenvalue weighted by Crippen LogP contribution is 2.16. The molecule has 1 aromatic carbocycles. The second kappa shape index (κ2) is 33.4. The van der Waals surface area contributed by atoms with E-state index in [2.05, 4.69) is 28.2 Å². The zero-order valence-electron chi connectivity index (χ0n) is 37.7. The SMILES string of the molecule is CCCCNc1ccc(C(=O)NCCCCC(NC(=O)[C@@H](CC(=O)[C@H](CS(=O)(=O)O)NC(=O)CCCCCCCCCCCCCCCCCCC(=O)O)CS(=O)(=O)O)C(N)=O)cc1. The first-order chi connectivity index (χ1) is 30.3. The molecule has 4 amide bonds. The molecule has 1 aromatic rings. The number of carboxylic acids is 1. The van der Waals surface area contributed by atoms with Crippen molar-refractivity contribution in [1.29, 1.82) is 0 Å². The van der Waals surface area contributed by atoms with E-state index in [1.165, 1.54) is 32.1 Å². The number of unbranched alkanes of at least 4 members (excludes halogenated alkanes) is 17. The van der Waals surface area contributed by atoms with Crippen LogP contribution in [0.3, 0.4) is 0 Å². The molecule has 0 spiro atoms. The molecule has 0 radical (unpaired) electrons. The van der Waals surface area contributed by atoms with Crippen LogP contribution in [0.5, 0.6) is 0 Å². The third-order valence-corrected chi connectivity index (χ3v) is 12.3. The number of carboxylic acid groups (broad SMARTS) is 1. The van der Waals surface area contributed by atoms with Crippen LogP contribution in [-0.4, -0.2) is 103 Å². The summed E-state index contributed by atoms with van der Waals surface area (Å²) in [6.45, 7) is 3.13. The monoisotopic (exact) mass is 945 g/mol. The van der Waals surface area contributed by atoms with Gasteiger partial charge in [-0.2, -0.15) is 16.8 Å². The van der Waals surface area contributed by atoms with Crippen LogP contribution in [-0.2, 0) is 44.2 Å². The topological polar surface area (TPSA) is 306 Å². The maximum absolute atomic E-state index is 13.3. The minimum Gasteiger partial charge on any atom is -0.481 e. The summed E-state index contributed by atoms with van der Waals surface area (Å²) in [6.07, 6.45) is 18.1. The fourth-order valence-corrected chi connectivity index (χ4v) is 8.57. The molecular weight excluding hydrogens is 871 g/mol. The lowest BCUT2D eigenvalue weighted by Crippen LogP contribution is -2.50. The first-order valence-corrected chi connectivity index (χ1v) is 26.2. The minimum absolute atomic E-state index is 0.0222. The minimum atomic E-state index is -4.89. The molecule has 1 rings (SSSR count). The molecule has 0 heterocycles. The summed E-state index contributed by atoms with van der Waals surface area (Å²) in [4.78, 5) is 74.7. The molecule has 0 saturated carbocycles. The van der Waals surface area contributed by atoms with Crippen LogP contribution >= 0.6 is 0 Å². The number of rotatable bonds is 40. The van der Waals surface area contributed by atoms with Crippen molar-refractivity contribution in [2.45, 2.75) is 173 Å². The number of hydrogen-bond donors (Lipinski definition) is 8. The van der Waals surface area contributed by atoms with Gasteiger partial charge in [0.1, 0.15) is 17.8 Å². The molecule has 3 atom stereocenters. The average molecular weight is 946 g/mol. The number of nitrogens with one attached hydrogen (secondary N) is 4. The second-order valence-electron chi connectivity index (χ2n) is 16.6. The van der Waals surface area contributed by atoms with E-state index in [9.17, 15) is 54.7 Å². The number of carbonyl (C=O) groups excluding carboxylic acids is 5. The van der Waals surface area contributed by atoms with Crippen molar-refractivity contribution >= 4 is 61.3 Å². The van der Waals surface area contributed by atoms with Crippen molar-refractivity contribution in [2.75, 3.05) is 29.9 Å². The standard InChI is InChI=1S/C44H75N5O13S2/c1-2-3-29-46-36-27-25-34(26-28-36)43(55)47-30-21-20-22-37(42(45)54)49-44(56)35(32-63(57,58)59)31-39(50)38(33-64(60,61)62)48-40(51)23-18-16-14-12-10-8-6-4-5-7-9-11-13-15-17-19-24-41(52)53/h25-28,35,37-38,46H,2-24,29-33H2,1H3,(H2,45,54)(H,47,55)(H,48,51)(H,49,56)(H,52,53)(H,57,58,59)(H,60,61,62)/t35-,37?,38-/m0/s1. The molecular formula is C44H75N5O13S2. The number of ketones is 1. The zero-order valence-corrected chi connectivity index (χ0v) is 39.3. The van der Waals surface area contributed by atoms with E-state index >= 15 is 0 Å². The number of Topliss-reactive ketones (excluding diaryl/α,β-unsaturated/α-hetero) is 1. The number of carbonyl (C=O) groups is 6. The van der Waals surface area contributed by atoms with Gasteiger partial charge in [0.2, 0.25) is 17.7 Å². The van der Waals surface area contributed by atoms with Crippen LogP contribution in [0, 0.1) is 5.92 Å². The first-order valence-electron chi connectivity index (χ1n) is 23.0. The fourth-order valence-electron chi connectivity index (χ4n) is 7.10. The van der Waals surface area contributed by atoms with Gasteiger partial charge < -0.3 is 32.1 Å². The predicted molar refractivity (Wildman–Crippen MR) is 246 cm³/mol. The van der Waals surface area contributed by atoms with Crippen LogP contribution in [0.25, 0.3) is 0 Å². The van der Waals surface area contributed by atoms with Crippen LogP contribution in [0.15, 0.2) is 24.3 Å². The van der Waals surface area contributed by atoms with Crippen molar-refractivity contribution in [1.82, 2.24) is 16.0 Å². The Morgan fingerprint density at radius 2 is 1.11 bits per heavy atom. The Bertz CT molecular complexity index is 1780. The van der Waals surface area contributed by atoms with Gasteiger partial charge >= 0.3 is 5.97 Å². The Morgan fingerprint density at radius 3 is 1.58 bits per heavy atom. The van der Waals surface area contributed by atoms with Crippen molar-refractivity contribution in [3.63, 3.8) is 0 Å². The summed E-state index contributed by atoms with van der Waals surface area (Å²) in [5.74, 6) is -9.30. The van der Waals surface area contributed by atoms with Gasteiger partial charge in [0.25, 0.3) is 26.1 Å². The third-order valence-electron chi connectivity index (χ3n) is 10.7. The summed E-state index contributed by atoms with van der Waals surface area (Å²) in [7, 11) is -9.74. The summed E-state index contributed by atoms with van der Waals surface area (Å²) in [5.41, 5.74) is 6.83. The lowest BCUT2D eigenvalue weighted by Gasteiger charge is -2.22. The Labute approximate surface area is 380 Å². The predicted octanol–water partition coefficient (Wildman–Crippen LogP) is 5.71. The summed E-state index contributed by atoms with van der Waals surface area (Å²) >= 11 is 0. The van der Waals surface area contributed by atoms with Gasteiger partial charge in [-0.05, 0) is 62.8 Å². The van der Waals surface area contributed by atoms with Gasteiger partial charge in [0.15, 0.2) is 5.78 Å². The van der Waals surface area contributed by atoms with Crippen LogP contribution in [0.1, 0.15) is 171 Å². The number of benzene rings is 1. The number of amides is 4. The highest BCUT2D eigenvalue weighted by atomic mass is 32.2. The Balaban J connectivity index is 2.54. The summed E-state index contributed by atoms with van der Waals surface area (Å²) < 4.78 is 66.4. The van der Waals surface area contributed by atoms with Crippen LogP contribution in [0.2, 0.25) is 0 Å². The number of nitrogens with two attached hydrogens (primary N) is 1. The maximum Gasteiger partial charge on any atom is 0.303 e. The molecule has 18 nitrogen and oxygen atoms in total. The van der Waals surface area contributed by atoms with Gasteiger partial charge in [-0.15, -0.1) is 0 Å². The van der Waals surface area contributed by atoms with E-state index in [-0.39, 0.29) is 38.1 Å². The van der Waals surface area contributed by atoms with Crippen LogP contribution in [0.4, 0.5) is 5.69 Å². The molecule has 20 heteroatoms. The Kier molecular flexibility index (Phi) is 30.2. The number of aliphatic carboxylic acids is 1. The third kappa shape index (κ3) is 30.9. The average Bonchev–Trinajstić information content (AvgIpc) is 3.21. The quantitative estimate of drug-likeness (QED) is 0.0289. The van der Waals surface area contributed by atoms with Gasteiger partial charge in [0, 0.05) is 43.6 Å². The summed E-state index contributed by atoms with van der Waals surface area (Å²) in [5, 5.41) is 19.3. The molecule has 0 fully saturated rings. The fraction of sp³-hybridized carbons (Fsp3) is 0.727. The van der Waals surface area contributed by atoms with E-state index < -0.39 is 85.6 Å².